The van der Waals surface area contributed by atoms with Crippen LogP contribution in [0.5, 0.6) is 0 Å². The molecule has 150 valence electrons. The van der Waals surface area contributed by atoms with Crippen LogP contribution in [-0.2, 0) is 14.8 Å². The molecular formula is C16H31N5O4S. The van der Waals surface area contributed by atoms with Crippen molar-refractivity contribution in [2.24, 2.45) is 16.6 Å². The van der Waals surface area contributed by atoms with Crippen molar-refractivity contribution in [1.82, 2.24) is 14.9 Å². The minimum Gasteiger partial charge on any atom is -0.450 e. The number of guanidine groups is 1. The Morgan fingerprint density at radius 3 is 2.58 bits per heavy atom. The smallest absolute Gasteiger partial charge is 0.409 e. The molecule has 0 bridgehead atoms. The normalized spacial score (nSPS) is 25.3. The topological polar surface area (TPSA) is 126 Å². The van der Waals surface area contributed by atoms with E-state index in [2.05, 4.69) is 15.0 Å². The number of nitrogens with zero attached hydrogens (tertiary/aromatic N) is 2. The molecule has 2 atom stereocenters. The second-order valence-electron chi connectivity index (χ2n) is 7.02. The number of rotatable bonds is 6. The summed E-state index contributed by atoms with van der Waals surface area (Å²) < 4.78 is 30.6. The van der Waals surface area contributed by atoms with Gasteiger partial charge in [-0.3, -0.25) is 4.99 Å². The molecule has 4 N–H and O–H groups in total. The zero-order valence-corrected chi connectivity index (χ0v) is 16.4. The zero-order valence-electron chi connectivity index (χ0n) is 15.6. The maximum Gasteiger partial charge on any atom is 0.409 e. The van der Waals surface area contributed by atoms with Crippen molar-refractivity contribution in [3.63, 3.8) is 0 Å². The first-order valence-electron chi connectivity index (χ1n) is 9.24. The minimum atomic E-state index is -3.21. The molecule has 2 rings (SSSR count). The van der Waals surface area contributed by atoms with Crippen LogP contribution < -0.4 is 15.8 Å². The van der Waals surface area contributed by atoms with E-state index in [1.54, 1.807) is 11.8 Å². The number of hydrogen-bond acceptors (Lipinski definition) is 5. The first kappa shape index (κ1) is 20.8. The second-order valence-corrected chi connectivity index (χ2v) is 8.80. The fourth-order valence-electron chi connectivity index (χ4n) is 3.58. The van der Waals surface area contributed by atoms with Crippen LogP contribution in [0.25, 0.3) is 0 Å². The maximum atomic E-state index is 11.7. The van der Waals surface area contributed by atoms with Gasteiger partial charge in [0.15, 0.2) is 5.96 Å². The molecule has 1 aliphatic carbocycles. The summed E-state index contributed by atoms with van der Waals surface area (Å²) in [6.45, 7) is 3.95. The fourth-order valence-corrected chi connectivity index (χ4v) is 4.44. The number of amides is 1. The average molecular weight is 390 g/mol. The molecule has 1 heterocycles. The van der Waals surface area contributed by atoms with Crippen molar-refractivity contribution >= 4 is 22.1 Å². The summed E-state index contributed by atoms with van der Waals surface area (Å²) in [6, 6.07) is 0.118. The molecule has 0 aromatic carbocycles. The molecule has 10 heteroatoms. The van der Waals surface area contributed by atoms with E-state index in [-0.39, 0.29) is 24.1 Å². The number of nitrogens with one attached hydrogen (secondary N) is 2. The van der Waals surface area contributed by atoms with Crippen molar-refractivity contribution in [2.75, 3.05) is 32.5 Å². The van der Waals surface area contributed by atoms with E-state index in [0.29, 0.717) is 32.2 Å². The molecule has 1 saturated carbocycles. The number of ether oxygens (including phenoxy) is 1. The highest BCUT2D eigenvalue weighted by molar-refractivity contribution is 7.88. The average Bonchev–Trinajstić information content (AvgIpc) is 2.99. The molecular weight excluding hydrogens is 358 g/mol. The van der Waals surface area contributed by atoms with Gasteiger partial charge in [-0.2, -0.15) is 0 Å². The van der Waals surface area contributed by atoms with E-state index in [4.69, 9.17) is 10.5 Å². The molecule has 1 amide bonds. The van der Waals surface area contributed by atoms with Gasteiger partial charge in [0.2, 0.25) is 10.0 Å². The first-order chi connectivity index (χ1) is 12.3. The Balaban J connectivity index is 1.76. The number of aliphatic imine (C=N–C) groups is 1. The molecule has 0 aromatic rings. The van der Waals surface area contributed by atoms with Gasteiger partial charge in [0.25, 0.3) is 0 Å². The first-order valence-corrected chi connectivity index (χ1v) is 11.1. The molecule has 9 nitrogen and oxygen atoms in total. The highest BCUT2D eigenvalue weighted by Gasteiger charge is 2.29. The third-order valence-electron chi connectivity index (χ3n) is 4.89. The van der Waals surface area contributed by atoms with Gasteiger partial charge in [-0.15, -0.1) is 0 Å². The van der Waals surface area contributed by atoms with Crippen LogP contribution in [-0.4, -0.2) is 70.0 Å². The van der Waals surface area contributed by atoms with E-state index in [1.165, 1.54) is 6.26 Å². The van der Waals surface area contributed by atoms with Gasteiger partial charge >= 0.3 is 6.09 Å². The van der Waals surface area contributed by atoms with E-state index in [0.717, 1.165) is 32.1 Å². The molecule has 2 unspecified atom stereocenters. The van der Waals surface area contributed by atoms with Crippen LogP contribution >= 0.6 is 0 Å². The molecule has 0 spiro atoms. The molecule has 26 heavy (non-hydrogen) atoms. The molecule has 0 aromatic heterocycles. The number of hydrogen-bond donors (Lipinski definition) is 3. The SMILES string of the molecule is CCOC(=O)N1CCC(NC(N)=NCC2CCCC2NS(C)(=O)=O)CC1. The Morgan fingerprint density at radius 2 is 1.96 bits per heavy atom. The van der Waals surface area contributed by atoms with Crippen LogP contribution in [0.4, 0.5) is 4.79 Å². The number of nitrogens with two attached hydrogens (primary N) is 1. The van der Waals surface area contributed by atoms with Crippen molar-refractivity contribution in [3.8, 4) is 0 Å². The van der Waals surface area contributed by atoms with Crippen LogP contribution in [0.2, 0.25) is 0 Å². The van der Waals surface area contributed by atoms with Gasteiger partial charge in [-0.25, -0.2) is 17.9 Å². The van der Waals surface area contributed by atoms with E-state index >= 15 is 0 Å². The van der Waals surface area contributed by atoms with Gasteiger partial charge in [0.05, 0.1) is 12.9 Å². The highest BCUT2D eigenvalue weighted by Crippen LogP contribution is 2.26. The van der Waals surface area contributed by atoms with E-state index in [1.807, 2.05) is 0 Å². The quantitative estimate of drug-likeness (QED) is 0.441. The summed E-state index contributed by atoms with van der Waals surface area (Å²) in [5, 5.41) is 3.21. The van der Waals surface area contributed by atoms with Gasteiger partial charge in [0.1, 0.15) is 0 Å². The molecule has 1 aliphatic heterocycles. The molecule has 2 fully saturated rings. The lowest BCUT2D eigenvalue weighted by Crippen LogP contribution is -2.48. The van der Waals surface area contributed by atoms with Crippen LogP contribution in [0.3, 0.4) is 0 Å². The van der Waals surface area contributed by atoms with E-state index < -0.39 is 10.0 Å². The Hall–Kier alpha value is -1.55. The number of sulfonamides is 1. The number of carbonyl (C=O) groups excluding carboxylic acids is 1. The van der Waals surface area contributed by atoms with Gasteiger partial charge in [-0.05, 0) is 38.5 Å². The predicted octanol–water partition coefficient (Wildman–Crippen LogP) is 0.230. The summed E-state index contributed by atoms with van der Waals surface area (Å²) in [7, 11) is -3.21. The van der Waals surface area contributed by atoms with Crippen molar-refractivity contribution in [2.45, 2.75) is 51.1 Å². The molecule has 1 saturated heterocycles. The third-order valence-corrected chi connectivity index (χ3v) is 5.62. The summed E-state index contributed by atoms with van der Waals surface area (Å²) in [5.41, 5.74) is 5.99. The van der Waals surface area contributed by atoms with Crippen LogP contribution in [0.1, 0.15) is 39.0 Å². The summed E-state index contributed by atoms with van der Waals surface area (Å²) in [6.07, 6.45) is 5.28. The Morgan fingerprint density at radius 1 is 1.27 bits per heavy atom. The number of likely N-dealkylation sites (tertiary alicyclic amines) is 1. The summed E-state index contributed by atoms with van der Waals surface area (Å²) in [4.78, 5) is 17.8. The minimum absolute atomic E-state index is 0.0608. The Labute approximate surface area is 155 Å². The van der Waals surface area contributed by atoms with Gasteiger partial charge < -0.3 is 20.7 Å². The third kappa shape index (κ3) is 6.64. The molecule has 2 aliphatic rings. The maximum absolute atomic E-state index is 11.7. The number of carbonyl (C=O) groups is 1. The second kappa shape index (κ2) is 9.40. The van der Waals surface area contributed by atoms with Crippen LogP contribution in [0.15, 0.2) is 4.99 Å². The largest absolute Gasteiger partial charge is 0.450 e. The monoisotopic (exact) mass is 389 g/mol. The van der Waals surface area contributed by atoms with Crippen molar-refractivity contribution in [1.29, 1.82) is 0 Å². The summed E-state index contributed by atoms with van der Waals surface area (Å²) >= 11 is 0. The highest BCUT2D eigenvalue weighted by atomic mass is 32.2. The number of piperidine rings is 1. The van der Waals surface area contributed by atoms with E-state index in [9.17, 15) is 13.2 Å². The lowest BCUT2D eigenvalue weighted by molar-refractivity contribution is 0.0963. The van der Waals surface area contributed by atoms with Crippen molar-refractivity contribution < 1.29 is 17.9 Å². The molecule has 0 radical (unpaired) electrons. The lowest BCUT2D eigenvalue weighted by Gasteiger charge is -2.31. The van der Waals surface area contributed by atoms with Crippen LogP contribution in [0, 0.1) is 5.92 Å². The lowest BCUT2D eigenvalue weighted by atomic mass is 10.1. The standard InChI is InChI=1S/C16H31N5O4S/c1-3-25-16(22)21-9-7-13(8-10-21)19-15(17)18-11-12-5-4-6-14(12)20-26(2,23)24/h12-14,20H,3-11H2,1-2H3,(H3,17,18,19). The van der Waals surface area contributed by atoms with Gasteiger partial charge in [-0.1, -0.05) is 6.42 Å². The fraction of sp³-hybridized carbons (Fsp3) is 0.875. The summed E-state index contributed by atoms with van der Waals surface area (Å²) in [5.74, 6) is 0.556. The Kier molecular flexibility index (Phi) is 7.51. The predicted molar refractivity (Wildman–Crippen MR) is 100 cm³/mol. The van der Waals surface area contributed by atoms with Crippen molar-refractivity contribution in [3.05, 3.63) is 0 Å². The zero-order chi connectivity index (χ0) is 19.2. The Bertz CT molecular complexity index is 602. The van der Waals surface area contributed by atoms with Gasteiger partial charge in [0, 0.05) is 31.7 Å².